The Balaban J connectivity index is 2.14. The van der Waals surface area contributed by atoms with Crippen LogP contribution in [0.4, 0.5) is 4.39 Å². The minimum Gasteiger partial charge on any atom is -0.320 e. The second-order valence-electron chi connectivity index (χ2n) is 4.30. The first-order valence-corrected chi connectivity index (χ1v) is 5.96. The molecule has 1 unspecified atom stereocenters. The predicted molar refractivity (Wildman–Crippen MR) is 72.0 cm³/mol. The van der Waals surface area contributed by atoms with Gasteiger partial charge in [0.15, 0.2) is 0 Å². The molecular weight excluding hydrogens is 241 g/mol. The maximum Gasteiger partial charge on any atom is 0.123 e. The number of aromatic nitrogens is 2. The summed E-state index contributed by atoms with van der Waals surface area (Å²) in [5.41, 5.74) is 9.32. The number of para-hydroxylation sites is 1. The molecule has 0 aliphatic heterocycles. The highest BCUT2D eigenvalue weighted by molar-refractivity contribution is 5.78. The van der Waals surface area contributed by atoms with Gasteiger partial charge in [-0.1, -0.05) is 24.3 Å². The Labute approximate surface area is 109 Å². The van der Waals surface area contributed by atoms with Crippen LogP contribution in [0.25, 0.3) is 11.0 Å². The summed E-state index contributed by atoms with van der Waals surface area (Å²) in [5.74, 6) is -0.292. The lowest BCUT2D eigenvalue weighted by Crippen LogP contribution is -2.13. The Kier molecular flexibility index (Phi) is 2.93. The van der Waals surface area contributed by atoms with E-state index < -0.39 is 6.04 Å². The van der Waals surface area contributed by atoms with E-state index in [9.17, 15) is 4.39 Å². The van der Waals surface area contributed by atoms with Gasteiger partial charge in [0.2, 0.25) is 0 Å². The van der Waals surface area contributed by atoms with Gasteiger partial charge in [0.1, 0.15) is 5.82 Å². The van der Waals surface area contributed by atoms with Crippen molar-refractivity contribution in [2.24, 2.45) is 5.73 Å². The van der Waals surface area contributed by atoms with E-state index in [-0.39, 0.29) is 5.82 Å². The van der Waals surface area contributed by atoms with Crippen LogP contribution in [0.15, 0.2) is 54.9 Å². The van der Waals surface area contributed by atoms with Crippen molar-refractivity contribution in [3.8, 4) is 0 Å². The SMILES string of the molecule is NC(c1cccc(F)c1)c1cccc2nccnc12. The fourth-order valence-corrected chi connectivity index (χ4v) is 2.15. The molecule has 4 heteroatoms. The van der Waals surface area contributed by atoms with E-state index in [1.54, 1.807) is 18.5 Å². The van der Waals surface area contributed by atoms with E-state index >= 15 is 0 Å². The normalized spacial score (nSPS) is 12.5. The zero-order chi connectivity index (χ0) is 13.2. The molecule has 0 amide bonds. The number of nitrogens with zero attached hydrogens (tertiary/aromatic N) is 2. The van der Waals surface area contributed by atoms with E-state index in [0.29, 0.717) is 0 Å². The third-order valence-electron chi connectivity index (χ3n) is 3.07. The van der Waals surface area contributed by atoms with Crippen LogP contribution < -0.4 is 5.73 Å². The number of nitrogens with two attached hydrogens (primary N) is 1. The van der Waals surface area contributed by atoms with Crippen LogP contribution in [-0.2, 0) is 0 Å². The van der Waals surface area contributed by atoms with Crippen LogP contribution in [0.2, 0.25) is 0 Å². The number of hydrogen-bond donors (Lipinski definition) is 1. The first-order chi connectivity index (χ1) is 9.25. The second kappa shape index (κ2) is 4.74. The molecule has 1 heterocycles. The van der Waals surface area contributed by atoms with Gasteiger partial charge in [-0.3, -0.25) is 9.97 Å². The molecule has 3 rings (SSSR count). The molecule has 1 atom stereocenters. The summed E-state index contributed by atoms with van der Waals surface area (Å²) < 4.78 is 13.3. The lowest BCUT2D eigenvalue weighted by molar-refractivity contribution is 0.623. The van der Waals surface area contributed by atoms with E-state index in [1.807, 2.05) is 24.3 Å². The molecule has 0 aliphatic rings. The molecule has 1 aromatic heterocycles. The van der Waals surface area contributed by atoms with Crippen LogP contribution >= 0.6 is 0 Å². The van der Waals surface area contributed by atoms with Crippen LogP contribution in [-0.4, -0.2) is 9.97 Å². The summed E-state index contributed by atoms with van der Waals surface area (Å²) in [5, 5.41) is 0. The number of halogens is 1. The van der Waals surface area contributed by atoms with Crippen molar-refractivity contribution >= 4 is 11.0 Å². The van der Waals surface area contributed by atoms with Gasteiger partial charge in [-0.2, -0.15) is 0 Å². The highest BCUT2D eigenvalue weighted by atomic mass is 19.1. The highest BCUT2D eigenvalue weighted by Gasteiger charge is 2.13. The molecule has 0 spiro atoms. The second-order valence-corrected chi connectivity index (χ2v) is 4.30. The van der Waals surface area contributed by atoms with Crippen LogP contribution in [0.1, 0.15) is 17.2 Å². The van der Waals surface area contributed by atoms with Gasteiger partial charge in [0.05, 0.1) is 17.1 Å². The molecule has 3 nitrogen and oxygen atoms in total. The monoisotopic (exact) mass is 253 g/mol. The molecule has 0 fully saturated rings. The van der Waals surface area contributed by atoms with Crippen molar-refractivity contribution < 1.29 is 4.39 Å². The lowest BCUT2D eigenvalue weighted by atomic mass is 9.98. The molecule has 0 saturated carbocycles. The fourth-order valence-electron chi connectivity index (χ4n) is 2.15. The third kappa shape index (κ3) is 2.18. The maximum atomic E-state index is 13.3. The zero-order valence-corrected chi connectivity index (χ0v) is 10.1. The summed E-state index contributed by atoms with van der Waals surface area (Å²) in [6.45, 7) is 0. The number of rotatable bonds is 2. The van der Waals surface area contributed by atoms with E-state index in [0.717, 1.165) is 22.2 Å². The summed E-state index contributed by atoms with van der Waals surface area (Å²) in [6.07, 6.45) is 3.27. The Morgan fingerprint density at radius 3 is 2.63 bits per heavy atom. The largest absolute Gasteiger partial charge is 0.320 e. The number of benzene rings is 2. The van der Waals surface area contributed by atoms with Crippen molar-refractivity contribution in [3.63, 3.8) is 0 Å². The molecule has 0 aliphatic carbocycles. The zero-order valence-electron chi connectivity index (χ0n) is 10.1. The van der Waals surface area contributed by atoms with Crippen LogP contribution in [0, 0.1) is 5.82 Å². The summed E-state index contributed by atoms with van der Waals surface area (Å²) >= 11 is 0. The summed E-state index contributed by atoms with van der Waals surface area (Å²) in [6, 6.07) is 11.5. The van der Waals surface area contributed by atoms with E-state index in [1.165, 1.54) is 12.1 Å². The molecule has 2 N–H and O–H groups in total. The number of hydrogen-bond acceptors (Lipinski definition) is 3. The first kappa shape index (κ1) is 11.7. The van der Waals surface area contributed by atoms with Gasteiger partial charge >= 0.3 is 0 Å². The minimum atomic E-state index is -0.420. The molecule has 0 bridgehead atoms. The highest BCUT2D eigenvalue weighted by Crippen LogP contribution is 2.25. The van der Waals surface area contributed by atoms with Gasteiger partial charge in [0.25, 0.3) is 0 Å². The van der Waals surface area contributed by atoms with E-state index in [4.69, 9.17) is 5.73 Å². The molecular formula is C15H12FN3. The van der Waals surface area contributed by atoms with Crippen molar-refractivity contribution in [1.29, 1.82) is 0 Å². The van der Waals surface area contributed by atoms with Crippen molar-refractivity contribution in [1.82, 2.24) is 9.97 Å². The maximum absolute atomic E-state index is 13.3. The Morgan fingerprint density at radius 2 is 1.79 bits per heavy atom. The standard InChI is InChI=1S/C15H12FN3/c16-11-4-1-3-10(9-11)14(17)12-5-2-6-13-15(12)19-8-7-18-13/h1-9,14H,17H2. The topological polar surface area (TPSA) is 51.8 Å². The first-order valence-electron chi connectivity index (χ1n) is 5.96. The average molecular weight is 253 g/mol. The van der Waals surface area contributed by atoms with Gasteiger partial charge in [0, 0.05) is 18.0 Å². The Bertz CT molecular complexity index is 722. The minimum absolute atomic E-state index is 0.292. The van der Waals surface area contributed by atoms with Gasteiger partial charge in [-0.25, -0.2) is 4.39 Å². The Hall–Kier alpha value is -2.33. The van der Waals surface area contributed by atoms with E-state index in [2.05, 4.69) is 9.97 Å². The lowest BCUT2D eigenvalue weighted by Gasteiger charge is -2.14. The van der Waals surface area contributed by atoms with Crippen molar-refractivity contribution in [2.45, 2.75) is 6.04 Å². The van der Waals surface area contributed by atoms with Gasteiger partial charge in [-0.05, 0) is 23.8 Å². The van der Waals surface area contributed by atoms with Crippen LogP contribution in [0.5, 0.6) is 0 Å². The molecule has 2 aromatic carbocycles. The molecule has 0 radical (unpaired) electrons. The number of fused-ring (bicyclic) bond motifs is 1. The average Bonchev–Trinajstić information content (AvgIpc) is 2.46. The quantitative estimate of drug-likeness (QED) is 0.764. The van der Waals surface area contributed by atoms with Gasteiger partial charge in [-0.15, -0.1) is 0 Å². The molecule has 3 aromatic rings. The Morgan fingerprint density at radius 1 is 1.00 bits per heavy atom. The fraction of sp³-hybridized carbons (Fsp3) is 0.0667. The van der Waals surface area contributed by atoms with Crippen molar-refractivity contribution in [3.05, 3.63) is 71.8 Å². The summed E-state index contributed by atoms with van der Waals surface area (Å²) in [7, 11) is 0. The van der Waals surface area contributed by atoms with Crippen LogP contribution in [0.3, 0.4) is 0 Å². The molecule has 19 heavy (non-hydrogen) atoms. The summed E-state index contributed by atoms with van der Waals surface area (Å²) in [4.78, 5) is 8.56. The van der Waals surface area contributed by atoms with Crippen molar-refractivity contribution in [2.75, 3.05) is 0 Å². The smallest absolute Gasteiger partial charge is 0.123 e. The molecule has 94 valence electrons. The van der Waals surface area contributed by atoms with Gasteiger partial charge < -0.3 is 5.73 Å². The third-order valence-corrected chi connectivity index (χ3v) is 3.07. The predicted octanol–water partition coefficient (Wildman–Crippen LogP) is 2.82. The molecule has 0 saturated heterocycles.